The Morgan fingerprint density at radius 2 is 2.05 bits per heavy atom. The van der Waals surface area contributed by atoms with Crippen LogP contribution in [0.2, 0.25) is 5.02 Å². The molecule has 0 unspecified atom stereocenters. The number of carbonyl (C=O) groups excluding carboxylic acids is 1. The Balaban J connectivity index is 2.44. The molecule has 1 amide bonds. The minimum absolute atomic E-state index is 0.0606. The number of nitrogens with zero attached hydrogens (tertiary/aromatic N) is 2. The summed E-state index contributed by atoms with van der Waals surface area (Å²) in [5, 5.41) is 1.44. The number of hydrogen-bond acceptors (Lipinski definition) is 2. The lowest BCUT2D eigenvalue weighted by Crippen LogP contribution is -2.38. The Labute approximate surface area is 124 Å². The van der Waals surface area contributed by atoms with Crippen molar-refractivity contribution in [2.24, 2.45) is 0 Å². The van der Waals surface area contributed by atoms with Crippen LogP contribution in [0.15, 0.2) is 30.3 Å². The third kappa shape index (κ3) is 2.93. The molecule has 0 aliphatic carbocycles. The maximum atomic E-state index is 12.6. The molecule has 3 nitrogen and oxygen atoms in total. The van der Waals surface area contributed by atoms with Gasteiger partial charge in [-0.25, -0.2) is 4.98 Å². The van der Waals surface area contributed by atoms with Crippen molar-refractivity contribution in [2.45, 2.75) is 33.2 Å². The second-order valence-corrected chi connectivity index (χ2v) is 5.51. The van der Waals surface area contributed by atoms with Gasteiger partial charge in [-0.15, -0.1) is 0 Å². The van der Waals surface area contributed by atoms with Gasteiger partial charge >= 0.3 is 0 Å². The Bertz CT molecular complexity index is 625. The van der Waals surface area contributed by atoms with Crippen molar-refractivity contribution in [3.63, 3.8) is 0 Å². The number of carbonyl (C=O) groups is 1. The van der Waals surface area contributed by atoms with E-state index in [1.54, 1.807) is 6.07 Å². The van der Waals surface area contributed by atoms with Crippen LogP contribution in [0.3, 0.4) is 0 Å². The molecule has 2 aromatic rings. The van der Waals surface area contributed by atoms with Gasteiger partial charge in [0.1, 0.15) is 5.69 Å². The highest BCUT2D eigenvalue weighted by Crippen LogP contribution is 2.23. The van der Waals surface area contributed by atoms with Crippen molar-refractivity contribution in [3.8, 4) is 0 Å². The second kappa shape index (κ2) is 6.23. The number of benzene rings is 1. The normalized spacial score (nSPS) is 11.1. The van der Waals surface area contributed by atoms with E-state index < -0.39 is 0 Å². The Morgan fingerprint density at radius 1 is 1.35 bits per heavy atom. The number of para-hydroxylation sites is 1. The lowest BCUT2D eigenvalue weighted by Gasteiger charge is -2.26. The van der Waals surface area contributed by atoms with E-state index in [0.29, 0.717) is 10.7 Å². The van der Waals surface area contributed by atoms with Crippen LogP contribution < -0.4 is 0 Å². The van der Waals surface area contributed by atoms with Gasteiger partial charge in [-0.05, 0) is 32.4 Å². The fraction of sp³-hybridized carbons (Fsp3) is 0.375. The maximum absolute atomic E-state index is 12.6. The molecule has 0 aliphatic heterocycles. The minimum atomic E-state index is -0.0606. The SMILES string of the molecule is CCCN(C(=O)c1cc(Cl)c2ccccc2n1)C(C)C. The van der Waals surface area contributed by atoms with E-state index in [-0.39, 0.29) is 11.9 Å². The summed E-state index contributed by atoms with van der Waals surface area (Å²) >= 11 is 6.26. The Kier molecular flexibility index (Phi) is 4.61. The molecule has 0 N–H and O–H groups in total. The molecule has 1 heterocycles. The molecular formula is C16H19ClN2O. The summed E-state index contributed by atoms with van der Waals surface area (Å²) in [7, 11) is 0. The van der Waals surface area contributed by atoms with Crippen LogP contribution in [0, 0.1) is 0 Å². The highest BCUT2D eigenvalue weighted by Gasteiger charge is 2.20. The first-order chi connectivity index (χ1) is 9.54. The average Bonchev–Trinajstić information content (AvgIpc) is 2.43. The molecule has 0 atom stereocenters. The van der Waals surface area contributed by atoms with Crippen molar-refractivity contribution < 1.29 is 4.79 Å². The number of aromatic nitrogens is 1. The molecular weight excluding hydrogens is 272 g/mol. The van der Waals surface area contributed by atoms with Crippen LogP contribution >= 0.6 is 11.6 Å². The first-order valence-electron chi connectivity index (χ1n) is 6.90. The molecule has 2 rings (SSSR count). The second-order valence-electron chi connectivity index (χ2n) is 5.10. The zero-order valence-corrected chi connectivity index (χ0v) is 12.8. The monoisotopic (exact) mass is 290 g/mol. The molecule has 0 spiro atoms. The summed E-state index contributed by atoms with van der Waals surface area (Å²) < 4.78 is 0. The summed E-state index contributed by atoms with van der Waals surface area (Å²) in [5.74, 6) is -0.0606. The third-order valence-electron chi connectivity index (χ3n) is 3.23. The minimum Gasteiger partial charge on any atom is -0.335 e. The molecule has 4 heteroatoms. The van der Waals surface area contributed by atoms with E-state index in [9.17, 15) is 4.79 Å². The number of hydrogen-bond donors (Lipinski definition) is 0. The van der Waals surface area contributed by atoms with Gasteiger partial charge in [0, 0.05) is 18.0 Å². The summed E-state index contributed by atoms with van der Waals surface area (Å²) in [6.45, 7) is 6.80. The number of rotatable bonds is 4. The zero-order chi connectivity index (χ0) is 14.7. The number of halogens is 1. The van der Waals surface area contributed by atoms with Crippen molar-refractivity contribution in [2.75, 3.05) is 6.54 Å². The van der Waals surface area contributed by atoms with Gasteiger partial charge in [-0.3, -0.25) is 4.79 Å². The molecule has 0 aliphatic rings. The fourth-order valence-electron chi connectivity index (χ4n) is 2.22. The van der Waals surface area contributed by atoms with Crippen molar-refractivity contribution in [1.29, 1.82) is 0 Å². The van der Waals surface area contributed by atoms with E-state index in [2.05, 4.69) is 11.9 Å². The molecule has 0 radical (unpaired) electrons. The summed E-state index contributed by atoms with van der Waals surface area (Å²) in [6, 6.07) is 9.40. The molecule has 1 aromatic carbocycles. The standard InChI is InChI=1S/C16H19ClN2O/c1-4-9-19(11(2)3)16(20)15-10-13(17)12-7-5-6-8-14(12)18-15/h5-8,10-11H,4,9H2,1-3H3. The van der Waals surface area contributed by atoms with E-state index >= 15 is 0 Å². The van der Waals surface area contributed by atoms with E-state index in [4.69, 9.17) is 11.6 Å². The smallest absolute Gasteiger partial charge is 0.272 e. The highest BCUT2D eigenvalue weighted by molar-refractivity contribution is 6.35. The molecule has 1 aromatic heterocycles. The van der Waals surface area contributed by atoms with Gasteiger partial charge in [-0.2, -0.15) is 0 Å². The van der Waals surface area contributed by atoms with Gasteiger partial charge in [0.2, 0.25) is 0 Å². The molecule has 0 fully saturated rings. The predicted molar refractivity (Wildman–Crippen MR) is 83.2 cm³/mol. The predicted octanol–water partition coefficient (Wildman–Crippen LogP) is 4.15. The molecule has 106 valence electrons. The number of pyridine rings is 1. The van der Waals surface area contributed by atoms with Crippen LogP contribution in [-0.2, 0) is 0 Å². The van der Waals surface area contributed by atoms with E-state index in [1.807, 2.05) is 43.0 Å². The lowest BCUT2D eigenvalue weighted by molar-refractivity contribution is 0.0700. The van der Waals surface area contributed by atoms with Crippen molar-refractivity contribution in [1.82, 2.24) is 9.88 Å². The molecule has 20 heavy (non-hydrogen) atoms. The Morgan fingerprint density at radius 3 is 2.70 bits per heavy atom. The largest absolute Gasteiger partial charge is 0.335 e. The zero-order valence-electron chi connectivity index (χ0n) is 12.1. The number of amides is 1. The van der Waals surface area contributed by atoms with E-state index in [0.717, 1.165) is 23.9 Å². The van der Waals surface area contributed by atoms with Gasteiger partial charge in [0.15, 0.2) is 0 Å². The van der Waals surface area contributed by atoms with Crippen LogP contribution in [0.5, 0.6) is 0 Å². The van der Waals surface area contributed by atoms with Crippen LogP contribution in [0.25, 0.3) is 10.9 Å². The first kappa shape index (κ1) is 14.8. The summed E-state index contributed by atoms with van der Waals surface area (Å²) in [5.41, 5.74) is 1.17. The topological polar surface area (TPSA) is 33.2 Å². The average molecular weight is 291 g/mol. The van der Waals surface area contributed by atoms with Crippen molar-refractivity contribution in [3.05, 3.63) is 41.0 Å². The number of fused-ring (bicyclic) bond motifs is 1. The summed E-state index contributed by atoms with van der Waals surface area (Å²) in [6.07, 6.45) is 0.922. The summed E-state index contributed by atoms with van der Waals surface area (Å²) in [4.78, 5) is 18.8. The van der Waals surface area contributed by atoms with Gasteiger partial charge in [0.05, 0.1) is 10.5 Å². The fourth-order valence-corrected chi connectivity index (χ4v) is 2.49. The van der Waals surface area contributed by atoms with Crippen LogP contribution in [0.4, 0.5) is 0 Å². The van der Waals surface area contributed by atoms with Gasteiger partial charge < -0.3 is 4.90 Å². The van der Waals surface area contributed by atoms with E-state index in [1.165, 1.54) is 0 Å². The van der Waals surface area contributed by atoms with Crippen molar-refractivity contribution >= 4 is 28.4 Å². The third-order valence-corrected chi connectivity index (χ3v) is 3.55. The first-order valence-corrected chi connectivity index (χ1v) is 7.28. The maximum Gasteiger partial charge on any atom is 0.272 e. The molecule has 0 bridgehead atoms. The highest BCUT2D eigenvalue weighted by atomic mass is 35.5. The van der Waals surface area contributed by atoms with Gasteiger partial charge in [0.25, 0.3) is 5.91 Å². The Hall–Kier alpha value is -1.61. The molecule has 0 saturated heterocycles. The van der Waals surface area contributed by atoms with Gasteiger partial charge in [-0.1, -0.05) is 36.7 Å². The van der Waals surface area contributed by atoms with Crippen LogP contribution in [0.1, 0.15) is 37.7 Å². The quantitative estimate of drug-likeness (QED) is 0.847. The lowest BCUT2D eigenvalue weighted by atomic mass is 10.2. The van der Waals surface area contributed by atoms with Crippen LogP contribution in [-0.4, -0.2) is 28.4 Å². The molecule has 0 saturated carbocycles.